The van der Waals surface area contributed by atoms with Crippen LogP contribution < -0.4 is 0 Å². The summed E-state index contributed by atoms with van der Waals surface area (Å²) in [5.74, 6) is -0.350. The highest BCUT2D eigenvalue weighted by molar-refractivity contribution is 5.82. The predicted molar refractivity (Wildman–Crippen MR) is 70.2 cm³/mol. The SMILES string of the molecule is C=C/C=C(C=C)/C=C/C(=O)OC(C)C.CC. The Morgan fingerprint density at radius 2 is 1.75 bits per heavy atom. The Morgan fingerprint density at radius 3 is 2.12 bits per heavy atom. The summed E-state index contributed by atoms with van der Waals surface area (Å²) in [6, 6.07) is 0. The maximum absolute atomic E-state index is 11.1. The second-order valence-electron chi connectivity index (χ2n) is 2.93. The van der Waals surface area contributed by atoms with Crippen molar-refractivity contribution in [3.63, 3.8) is 0 Å². The van der Waals surface area contributed by atoms with Gasteiger partial charge in [-0.25, -0.2) is 4.79 Å². The first kappa shape index (κ1) is 16.8. The summed E-state index contributed by atoms with van der Waals surface area (Å²) in [6.45, 7) is 14.8. The van der Waals surface area contributed by atoms with Crippen molar-refractivity contribution in [1.29, 1.82) is 0 Å². The standard InChI is InChI=1S/C12H16O2.C2H6/c1-5-7-11(6-2)8-9-12(13)14-10(3)4;1-2/h5-10H,1-2H2,3-4H3;1-2H3/b9-8+,11-7+;. The summed E-state index contributed by atoms with van der Waals surface area (Å²) in [5, 5.41) is 0. The van der Waals surface area contributed by atoms with Gasteiger partial charge >= 0.3 is 5.97 Å². The minimum Gasteiger partial charge on any atom is -0.460 e. The van der Waals surface area contributed by atoms with Crippen LogP contribution >= 0.6 is 0 Å². The summed E-state index contributed by atoms with van der Waals surface area (Å²) in [5.41, 5.74) is 0.820. The minimum atomic E-state index is -0.350. The molecule has 0 aromatic heterocycles. The van der Waals surface area contributed by atoms with Crippen molar-refractivity contribution in [3.8, 4) is 0 Å². The van der Waals surface area contributed by atoms with E-state index in [2.05, 4.69) is 13.2 Å². The average Bonchev–Trinajstić information content (AvgIpc) is 2.26. The van der Waals surface area contributed by atoms with Crippen LogP contribution in [0.25, 0.3) is 0 Å². The Morgan fingerprint density at radius 1 is 1.19 bits per heavy atom. The van der Waals surface area contributed by atoms with E-state index in [1.807, 2.05) is 13.8 Å². The van der Waals surface area contributed by atoms with Crippen LogP contribution in [0.2, 0.25) is 0 Å². The lowest BCUT2D eigenvalue weighted by Crippen LogP contribution is -2.08. The fourth-order valence-electron chi connectivity index (χ4n) is 0.764. The van der Waals surface area contributed by atoms with Gasteiger partial charge in [-0.05, 0) is 25.5 Å². The summed E-state index contributed by atoms with van der Waals surface area (Å²) >= 11 is 0. The minimum absolute atomic E-state index is 0.0947. The van der Waals surface area contributed by atoms with Gasteiger partial charge in [0.25, 0.3) is 0 Å². The van der Waals surface area contributed by atoms with Crippen LogP contribution in [0.5, 0.6) is 0 Å². The van der Waals surface area contributed by atoms with Crippen molar-refractivity contribution in [1.82, 2.24) is 0 Å². The van der Waals surface area contributed by atoms with Crippen LogP contribution in [0.4, 0.5) is 0 Å². The van der Waals surface area contributed by atoms with Gasteiger partial charge in [-0.15, -0.1) is 0 Å². The van der Waals surface area contributed by atoms with Crippen molar-refractivity contribution in [3.05, 3.63) is 49.1 Å². The van der Waals surface area contributed by atoms with Crippen LogP contribution in [0.1, 0.15) is 27.7 Å². The first-order valence-electron chi connectivity index (χ1n) is 5.44. The molecular formula is C14H22O2. The largest absolute Gasteiger partial charge is 0.460 e. The number of carbonyl (C=O) groups excluding carboxylic acids is 1. The van der Waals surface area contributed by atoms with Crippen molar-refractivity contribution in [2.45, 2.75) is 33.8 Å². The molecule has 0 bridgehead atoms. The van der Waals surface area contributed by atoms with E-state index in [1.54, 1.807) is 38.2 Å². The number of esters is 1. The molecule has 16 heavy (non-hydrogen) atoms. The normalized spacial score (nSPS) is 10.7. The smallest absolute Gasteiger partial charge is 0.331 e. The van der Waals surface area contributed by atoms with Gasteiger partial charge in [-0.3, -0.25) is 0 Å². The zero-order valence-electron chi connectivity index (χ0n) is 10.7. The number of allylic oxidation sites excluding steroid dienone is 5. The Hall–Kier alpha value is -1.57. The zero-order chi connectivity index (χ0) is 13.0. The third kappa shape index (κ3) is 10.5. The second kappa shape index (κ2) is 11.5. The lowest BCUT2D eigenvalue weighted by Gasteiger charge is -2.03. The summed E-state index contributed by atoms with van der Waals surface area (Å²) in [6.07, 6.45) is 7.95. The highest BCUT2D eigenvalue weighted by atomic mass is 16.5. The maximum atomic E-state index is 11.1. The lowest BCUT2D eigenvalue weighted by molar-refractivity contribution is -0.141. The molecule has 0 atom stereocenters. The van der Waals surface area contributed by atoms with Crippen molar-refractivity contribution < 1.29 is 9.53 Å². The zero-order valence-corrected chi connectivity index (χ0v) is 10.7. The van der Waals surface area contributed by atoms with E-state index in [-0.39, 0.29) is 12.1 Å². The molecule has 0 aromatic rings. The molecule has 0 amide bonds. The molecule has 0 fully saturated rings. The molecule has 0 saturated heterocycles. The van der Waals surface area contributed by atoms with Gasteiger partial charge in [-0.2, -0.15) is 0 Å². The van der Waals surface area contributed by atoms with Crippen molar-refractivity contribution in [2.75, 3.05) is 0 Å². The average molecular weight is 222 g/mol. The number of carbonyl (C=O) groups is 1. The van der Waals surface area contributed by atoms with Gasteiger partial charge in [0.15, 0.2) is 0 Å². The first-order chi connectivity index (χ1) is 7.60. The quantitative estimate of drug-likeness (QED) is 0.401. The lowest BCUT2D eigenvalue weighted by atomic mass is 10.2. The molecule has 0 aliphatic carbocycles. The van der Waals surface area contributed by atoms with Crippen LogP contribution in [0.15, 0.2) is 49.1 Å². The number of hydrogen-bond acceptors (Lipinski definition) is 2. The highest BCUT2D eigenvalue weighted by Crippen LogP contribution is 1.99. The van der Waals surface area contributed by atoms with E-state index in [0.717, 1.165) is 5.57 Å². The Balaban J connectivity index is 0. The molecule has 90 valence electrons. The molecule has 0 heterocycles. The summed E-state index contributed by atoms with van der Waals surface area (Å²) < 4.78 is 4.91. The second-order valence-corrected chi connectivity index (χ2v) is 2.93. The monoisotopic (exact) mass is 222 g/mol. The summed E-state index contributed by atoms with van der Waals surface area (Å²) in [7, 11) is 0. The molecular weight excluding hydrogens is 200 g/mol. The van der Waals surface area contributed by atoms with Crippen LogP contribution in [-0.4, -0.2) is 12.1 Å². The van der Waals surface area contributed by atoms with Gasteiger partial charge in [-0.1, -0.05) is 45.2 Å². The van der Waals surface area contributed by atoms with Crippen LogP contribution in [0.3, 0.4) is 0 Å². The van der Waals surface area contributed by atoms with Gasteiger partial charge in [0, 0.05) is 6.08 Å². The first-order valence-corrected chi connectivity index (χ1v) is 5.44. The van der Waals surface area contributed by atoms with E-state index in [9.17, 15) is 4.79 Å². The molecule has 0 aliphatic rings. The molecule has 2 heteroatoms. The van der Waals surface area contributed by atoms with Crippen molar-refractivity contribution in [2.24, 2.45) is 0 Å². The topological polar surface area (TPSA) is 26.3 Å². The van der Waals surface area contributed by atoms with Crippen molar-refractivity contribution >= 4 is 5.97 Å². The van der Waals surface area contributed by atoms with Crippen LogP contribution in [0, 0.1) is 0 Å². The molecule has 0 spiro atoms. The molecule has 0 aliphatic heterocycles. The van der Waals surface area contributed by atoms with Crippen LogP contribution in [-0.2, 0) is 9.53 Å². The Bertz CT molecular complexity index is 270. The third-order valence-electron chi connectivity index (χ3n) is 1.31. The molecule has 0 aromatic carbocycles. The molecule has 0 unspecified atom stereocenters. The Kier molecular flexibility index (Phi) is 12.1. The van der Waals surface area contributed by atoms with Gasteiger partial charge in [0.1, 0.15) is 0 Å². The van der Waals surface area contributed by atoms with E-state index >= 15 is 0 Å². The van der Waals surface area contributed by atoms with Gasteiger partial charge in [0.05, 0.1) is 6.10 Å². The number of ether oxygens (including phenoxy) is 1. The van der Waals surface area contributed by atoms with E-state index in [0.29, 0.717) is 0 Å². The third-order valence-corrected chi connectivity index (χ3v) is 1.31. The Labute approximate surface area is 99.0 Å². The summed E-state index contributed by atoms with van der Waals surface area (Å²) in [4.78, 5) is 11.1. The number of rotatable bonds is 5. The molecule has 0 rings (SSSR count). The molecule has 0 saturated carbocycles. The number of hydrogen-bond donors (Lipinski definition) is 0. The van der Waals surface area contributed by atoms with Gasteiger partial charge in [0.2, 0.25) is 0 Å². The molecule has 2 nitrogen and oxygen atoms in total. The molecule has 0 N–H and O–H groups in total. The fraction of sp³-hybridized carbons (Fsp3) is 0.357. The van der Waals surface area contributed by atoms with Gasteiger partial charge < -0.3 is 4.74 Å². The molecule has 0 radical (unpaired) electrons. The highest BCUT2D eigenvalue weighted by Gasteiger charge is 1.99. The van der Waals surface area contributed by atoms with E-state index in [1.165, 1.54) is 6.08 Å². The predicted octanol–water partition coefficient (Wildman–Crippen LogP) is 3.82. The van der Waals surface area contributed by atoms with E-state index in [4.69, 9.17) is 4.74 Å². The maximum Gasteiger partial charge on any atom is 0.331 e. The van der Waals surface area contributed by atoms with E-state index < -0.39 is 0 Å². The fourth-order valence-corrected chi connectivity index (χ4v) is 0.764.